The van der Waals surface area contributed by atoms with Gasteiger partial charge in [0.15, 0.2) is 0 Å². The zero-order chi connectivity index (χ0) is 19.9. The molecule has 0 bridgehead atoms. The van der Waals surface area contributed by atoms with Gasteiger partial charge in [0.1, 0.15) is 17.9 Å². The molecule has 0 unspecified atom stereocenters. The molecule has 0 aromatic carbocycles. The van der Waals surface area contributed by atoms with E-state index in [-0.39, 0.29) is 17.8 Å². The summed E-state index contributed by atoms with van der Waals surface area (Å²) < 4.78 is 16.9. The number of hydrogen-bond acceptors (Lipinski definition) is 6. The molecule has 148 valence electrons. The highest BCUT2D eigenvalue weighted by molar-refractivity contribution is 5.87. The molecule has 0 aliphatic carbocycles. The van der Waals surface area contributed by atoms with E-state index < -0.39 is 23.8 Å². The molecule has 0 saturated heterocycles. The van der Waals surface area contributed by atoms with E-state index in [0.29, 0.717) is 6.42 Å². The van der Waals surface area contributed by atoms with Crippen molar-refractivity contribution in [3.05, 3.63) is 42.2 Å². The first kappa shape index (κ1) is 21.1. The number of pyridine rings is 1. The number of carbonyl (C=O) groups excluding carboxylic acids is 2. The maximum atomic E-state index is 12.3. The Kier molecular flexibility index (Phi) is 7.54. The van der Waals surface area contributed by atoms with Crippen molar-refractivity contribution in [2.45, 2.75) is 71.9 Å². The monoisotopic (exact) mass is 375 g/mol. The van der Waals surface area contributed by atoms with Gasteiger partial charge >= 0.3 is 11.9 Å². The second-order valence-corrected chi connectivity index (χ2v) is 7.66. The summed E-state index contributed by atoms with van der Waals surface area (Å²) in [7, 11) is 0. The molecule has 2 rings (SSSR count). The minimum atomic E-state index is -0.770. The fourth-order valence-electron chi connectivity index (χ4n) is 2.58. The maximum Gasteiger partial charge on any atom is 0.357 e. The molecule has 0 saturated carbocycles. The minimum Gasteiger partial charge on any atom is -0.451 e. The molecule has 0 radical (unpaired) electrons. The molecule has 1 aliphatic heterocycles. The molecule has 0 fully saturated rings. The fourth-order valence-corrected chi connectivity index (χ4v) is 2.58. The number of esters is 2. The minimum absolute atomic E-state index is 0.250. The molecular formula is C21H29NO5. The molecule has 1 aromatic rings. The van der Waals surface area contributed by atoms with Crippen LogP contribution in [-0.2, 0) is 19.0 Å². The average Bonchev–Trinajstić information content (AvgIpc) is 2.63. The average molecular weight is 375 g/mol. The van der Waals surface area contributed by atoms with E-state index in [0.717, 1.165) is 19.3 Å². The van der Waals surface area contributed by atoms with Gasteiger partial charge in [0.05, 0.1) is 5.41 Å². The van der Waals surface area contributed by atoms with Gasteiger partial charge in [-0.05, 0) is 51.5 Å². The predicted molar refractivity (Wildman–Crippen MR) is 101 cm³/mol. The number of nitrogens with zero attached hydrogens (tertiary/aromatic N) is 1. The maximum absolute atomic E-state index is 12.3. The topological polar surface area (TPSA) is 74.7 Å². The first-order chi connectivity index (χ1) is 12.8. The zero-order valence-corrected chi connectivity index (χ0v) is 16.5. The van der Waals surface area contributed by atoms with Crippen LogP contribution in [0.4, 0.5) is 0 Å². The van der Waals surface area contributed by atoms with E-state index in [1.54, 1.807) is 57.3 Å². The standard InChI is InChI=1S/C21H29NO5/c1-5-6-7-11-16-17(26-19(23)15-10-8-9-14-22-15)12-13-18(25-16)27-20(24)21(2,3)4/h8-10,12-14,16-18H,5-7,11H2,1-4H3/t16-,17+,18-/m1/s1. The van der Waals surface area contributed by atoms with Crippen molar-refractivity contribution in [2.75, 3.05) is 0 Å². The van der Waals surface area contributed by atoms with Crippen LogP contribution in [0.3, 0.4) is 0 Å². The highest BCUT2D eigenvalue weighted by Gasteiger charge is 2.33. The van der Waals surface area contributed by atoms with Crippen molar-refractivity contribution in [2.24, 2.45) is 5.41 Å². The highest BCUT2D eigenvalue weighted by Crippen LogP contribution is 2.25. The van der Waals surface area contributed by atoms with Gasteiger partial charge < -0.3 is 14.2 Å². The van der Waals surface area contributed by atoms with Crippen molar-refractivity contribution < 1.29 is 23.8 Å². The second kappa shape index (κ2) is 9.65. The van der Waals surface area contributed by atoms with Gasteiger partial charge in [-0.25, -0.2) is 9.78 Å². The van der Waals surface area contributed by atoms with Crippen LogP contribution in [0.1, 0.15) is 63.9 Å². The van der Waals surface area contributed by atoms with Gasteiger partial charge in [0.2, 0.25) is 6.29 Å². The molecule has 27 heavy (non-hydrogen) atoms. The Morgan fingerprint density at radius 1 is 1.15 bits per heavy atom. The third-order valence-corrected chi connectivity index (χ3v) is 4.18. The predicted octanol–water partition coefficient (Wildman–Crippen LogP) is 4.06. The summed E-state index contributed by atoms with van der Waals surface area (Å²) in [6.45, 7) is 7.49. The first-order valence-electron chi connectivity index (χ1n) is 9.48. The van der Waals surface area contributed by atoms with E-state index in [1.807, 2.05) is 0 Å². The van der Waals surface area contributed by atoms with Crippen molar-refractivity contribution in [3.63, 3.8) is 0 Å². The summed E-state index contributed by atoms with van der Waals surface area (Å²) in [5.41, 5.74) is -0.364. The summed E-state index contributed by atoms with van der Waals surface area (Å²) in [6, 6.07) is 5.08. The Balaban J connectivity index is 2.05. The summed E-state index contributed by atoms with van der Waals surface area (Å²) in [4.78, 5) is 28.5. The van der Waals surface area contributed by atoms with Crippen LogP contribution in [0, 0.1) is 5.41 Å². The zero-order valence-electron chi connectivity index (χ0n) is 16.5. The lowest BCUT2D eigenvalue weighted by molar-refractivity contribution is -0.197. The SMILES string of the molecule is CCCCC[C@H]1O[C@H](OC(=O)C(C)(C)C)C=C[C@@H]1OC(=O)c1ccccn1. The number of hydrogen-bond donors (Lipinski definition) is 0. The Morgan fingerprint density at radius 2 is 1.93 bits per heavy atom. The number of carbonyl (C=O) groups is 2. The summed E-state index contributed by atoms with van der Waals surface area (Å²) in [6.07, 6.45) is 7.00. The fraction of sp³-hybridized carbons (Fsp3) is 0.571. The van der Waals surface area contributed by atoms with Crippen LogP contribution in [0.25, 0.3) is 0 Å². The molecule has 0 amide bonds. The van der Waals surface area contributed by atoms with E-state index in [9.17, 15) is 9.59 Å². The smallest absolute Gasteiger partial charge is 0.357 e. The van der Waals surface area contributed by atoms with Gasteiger partial charge in [-0.1, -0.05) is 32.3 Å². The van der Waals surface area contributed by atoms with Crippen LogP contribution in [0.15, 0.2) is 36.5 Å². The molecular weight excluding hydrogens is 346 g/mol. The van der Waals surface area contributed by atoms with E-state index >= 15 is 0 Å². The molecule has 6 heteroatoms. The second-order valence-electron chi connectivity index (χ2n) is 7.66. The Bertz CT molecular complexity index is 650. The lowest BCUT2D eigenvalue weighted by atomic mass is 9.97. The van der Waals surface area contributed by atoms with Gasteiger partial charge in [-0.15, -0.1) is 0 Å². The van der Waals surface area contributed by atoms with E-state index in [2.05, 4.69) is 11.9 Å². The van der Waals surface area contributed by atoms with Crippen molar-refractivity contribution in [1.82, 2.24) is 4.98 Å². The third-order valence-electron chi connectivity index (χ3n) is 4.18. The number of rotatable bonds is 7. The summed E-state index contributed by atoms with van der Waals surface area (Å²) >= 11 is 0. The third kappa shape index (κ3) is 6.47. The Morgan fingerprint density at radius 3 is 2.56 bits per heavy atom. The van der Waals surface area contributed by atoms with Crippen LogP contribution < -0.4 is 0 Å². The molecule has 0 N–H and O–H groups in total. The van der Waals surface area contributed by atoms with Crippen LogP contribution in [-0.4, -0.2) is 35.4 Å². The first-order valence-corrected chi connectivity index (χ1v) is 9.48. The van der Waals surface area contributed by atoms with Crippen molar-refractivity contribution in [1.29, 1.82) is 0 Å². The lowest BCUT2D eigenvalue weighted by Crippen LogP contribution is -2.41. The van der Waals surface area contributed by atoms with Gasteiger partial charge in [-0.2, -0.15) is 0 Å². The van der Waals surface area contributed by atoms with Crippen molar-refractivity contribution >= 4 is 11.9 Å². The molecule has 6 nitrogen and oxygen atoms in total. The van der Waals surface area contributed by atoms with Gasteiger partial charge in [-0.3, -0.25) is 4.79 Å². The quantitative estimate of drug-likeness (QED) is 0.406. The number of ether oxygens (including phenoxy) is 3. The summed E-state index contributed by atoms with van der Waals surface area (Å²) in [5, 5.41) is 0. The van der Waals surface area contributed by atoms with Gasteiger partial charge in [0, 0.05) is 6.20 Å². The summed E-state index contributed by atoms with van der Waals surface area (Å²) in [5.74, 6) is -0.840. The molecule has 1 aromatic heterocycles. The Labute approximate surface area is 160 Å². The van der Waals surface area contributed by atoms with E-state index in [1.165, 1.54) is 0 Å². The van der Waals surface area contributed by atoms with E-state index in [4.69, 9.17) is 14.2 Å². The van der Waals surface area contributed by atoms with Gasteiger partial charge in [0.25, 0.3) is 0 Å². The number of aromatic nitrogens is 1. The molecule has 3 atom stereocenters. The normalized spacial score (nSPS) is 22.3. The largest absolute Gasteiger partial charge is 0.451 e. The van der Waals surface area contributed by atoms with Crippen LogP contribution in [0.2, 0.25) is 0 Å². The molecule has 2 heterocycles. The van der Waals surface area contributed by atoms with Crippen molar-refractivity contribution in [3.8, 4) is 0 Å². The molecule has 1 aliphatic rings. The Hall–Kier alpha value is -2.21. The number of unbranched alkanes of at least 4 members (excludes halogenated alkanes) is 2. The highest BCUT2D eigenvalue weighted by atomic mass is 16.7. The lowest BCUT2D eigenvalue weighted by Gasteiger charge is -2.32. The van der Waals surface area contributed by atoms with Crippen LogP contribution in [0.5, 0.6) is 0 Å². The van der Waals surface area contributed by atoms with Crippen LogP contribution >= 0.6 is 0 Å². The molecule has 0 spiro atoms.